The second-order valence-corrected chi connectivity index (χ2v) is 12.5. The van der Waals surface area contributed by atoms with Gasteiger partial charge in [0.15, 0.2) is 11.3 Å². The quantitative estimate of drug-likeness (QED) is 0.217. The summed E-state index contributed by atoms with van der Waals surface area (Å²) >= 11 is 0. The molecule has 10 nitrogen and oxygen atoms in total. The maximum atomic E-state index is 15.1. The standard InChI is InChI=1S/C34H37N3O7/c1-22(38)24-16-13-17-25(20-24)34(37(31(42)44-33(5,6)7)35-30(41)43-32(2,3)4)27-19-12-11-18-26(27)28(39)36(29(34)40)21-23-14-9-8-10-15-23/h8-20H,21H2,1-7H3,(H,35,41)/t34-/m0/s1. The average molecular weight is 600 g/mol. The SMILES string of the molecule is CC(=O)c1cccc([C@@]2(N(NC(=O)OC(C)(C)C)C(=O)OC(C)(C)C)C(=O)N(Cc3ccccc3)C(=O)c3ccccc32)c1. The van der Waals surface area contributed by atoms with Gasteiger partial charge in [-0.2, -0.15) is 5.01 Å². The van der Waals surface area contributed by atoms with E-state index < -0.39 is 40.7 Å². The van der Waals surface area contributed by atoms with Crippen LogP contribution < -0.4 is 5.43 Å². The number of ether oxygens (including phenoxy) is 2. The van der Waals surface area contributed by atoms with Crippen molar-refractivity contribution in [2.45, 2.75) is 71.8 Å². The highest BCUT2D eigenvalue weighted by atomic mass is 16.6. The van der Waals surface area contributed by atoms with Crippen LogP contribution >= 0.6 is 0 Å². The molecule has 0 aliphatic carbocycles. The third-order valence-electron chi connectivity index (χ3n) is 6.73. The van der Waals surface area contributed by atoms with Crippen molar-refractivity contribution in [2.24, 2.45) is 0 Å². The van der Waals surface area contributed by atoms with E-state index in [-0.39, 0.29) is 34.6 Å². The average Bonchev–Trinajstić information content (AvgIpc) is 2.94. The Morgan fingerprint density at radius 1 is 0.818 bits per heavy atom. The minimum Gasteiger partial charge on any atom is -0.443 e. The number of Topliss-reactive ketones (excluding diaryl/α,β-unsaturated/α-hetero) is 1. The van der Waals surface area contributed by atoms with Crippen LogP contribution in [0.5, 0.6) is 0 Å². The predicted octanol–water partition coefficient (Wildman–Crippen LogP) is 5.99. The molecule has 1 atom stereocenters. The van der Waals surface area contributed by atoms with Gasteiger partial charge in [-0.1, -0.05) is 66.7 Å². The molecule has 0 saturated heterocycles. The van der Waals surface area contributed by atoms with E-state index in [1.807, 2.05) is 6.07 Å². The summed E-state index contributed by atoms with van der Waals surface area (Å²) in [7, 11) is 0. The van der Waals surface area contributed by atoms with Crippen molar-refractivity contribution in [3.8, 4) is 0 Å². The third kappa shape index (κ3) is 6.49. The highest BCUT2D eigenvalue weighted by molar-refractivity contribution is 6.15. The summed E-state index contributed by atoms with van der Waals surface area (Å²) in [5.41, 5.74) is -0.452. The third-order valence-corrected chi connectivity index (χ3v) is 6.73. The Kier molecular flexibility index (Phi) is 8.67. The number of fused-ring (bicyclic) bond motifs is 1. The molecule has 0 spiro atoms. The molecule has 3 aromatic carbocycles. The van der Waals surface area contributed by atoms with Gasteiger partial charge in [0.2, 0.25) is 0 Å². The Balaban J connectivity index is 2.09. The predicted molar refractivity (Wildman–Crippen MR) is 162 cm³/mol. The lowest BCUT2D eigenvalue weighted by atomic mass is 9.75. The van der Waals surface area contributed by atoms with Crippen LogP contribution in [0.1, 0.15) is 85.9 Å². The fraction of sp³-hybridized carbons (Fsp3) is 0.324. The first-order valence-corrected chi connectivity index (χ1v) is 14.2. The Morgan fingerprint density at radius 2 is 1.43 bits per heavy atom. The maximum absolute atomic E-state index is 15.1. The second-order valence-electron chi connectivity index (χ2n) is 12.5. The van der Waals surface area contributed by atoms with Gasteiger partial charge in [-0.15, -0.1) is 0 Å². The van der Waals surface area contributed by atoms with Crippen molar-refractivity contribution >= 4 is 29.8 Å². The van der Waals surface area contributed by atoms with E-state index in [0.717, 1.165) is 9.91 Å². The van der Waals surface area contributed by atoms with E-state index >= 15 is 4.79 Å². The number of carbonyl (C=O) groups excluding carboxylic acids is 5. The summed E-state index contributed by atoms with van der Waals surface area (Å²) < 4.78 is 11.2. The Bertz CT molecular complexity index is 1600. The fourth-order valence-corrected chi connectivity index (χ4v) is 5.00. The molecule has 0 aromatic heterocycles. The number of nitrogens with zero attached hydrogens (tertiary/aromatic N) is 2. The molecular weight excluding hydrogens is 562 g/mol. The molecule has 0 bridgehead atoms. The molecule has 0 unspecified atom stereocenters. The Labute approximate surface area is 256 Å². The summed E-state index contributed by atoms with van der Waals surface area (Å²) in [6.07, 6.45) is -2.13. The summed E-state index contributed by atoms with van der Waals surface area (Å²) in [6.45, 7) is 11.1. The highest BCUT2D eigenvalue weighted by Crippen LogP contribution is 2.44. The van der Waals surface area contributed by atoms with Gasteiger partial charge < -0.3 is 9.47 Å². The lowest BCUT2D eigenvalue weighted by Crippen LogP contribution is -2.68. The van der Waals surface area contributed by atoms with Crippen LogP contribution in [0, 0.1) is 0 Å². The van der Waals surface area contributed by atoms with Gasteiger partial charge in [0.25, 0.3) is 11.8 Å². The first kappa shape index (κ1) is 31.9. The molecule has 230 valence electrons. The van der Waals surface area contributed by atoms with E-state index in [0.29, 0.717) is 5.56 Å². The monoisotopic (exact) mass is 599 g/mol. The van der Waals surface area contributed by atoms with Crippen LogP contribution in [-0.2, 0) is 26.4 Å². The highest BCUT2D eigenvalue weighted by Gasteiger charge is 2.59. The Hall–Kier alpha value is -4.99. The van der Waals surface area contributed by atoms with Gasteiger partial charge in [0, 0.05) is 16.7 Å². The summed E-state index contributed by atoms with van der Waals surface area (Å²) in [5, 5.41) is 0.775. The number of benzene rings is 3. The van der Waals surface area contributed by atoms with Crippen molar-refractivity contribution in [3.63, 3.8) is 0 Å². The molecule has 4 rings (SSSR count). The van der Waals surface area contributed by atoms with Crippen LogP contribution in [0.2, 0.25) is 0 Å². The molecule has 0 saturated carbocycles. The van der Waals surface area contributed by atoms with E-state index in [2.05, 4.69) is 5.43 Å². The normalized spacial score (nSPS) is 16.6. The number of ketones is 1. The molecule has 4 amide bonds. The molecule has 3 aromatic rings. The minimum absolute atomic E-state index is 0.113. The van der Waals surface area contributed by atoms with Gasteiger partial charge in [0.05, 0.1) is 6.54 Å². The first-order valence-electron chi connectivity index (χ1n) is 14.2. The number of hydrogen-bond acceptors (Lipinski definition) is 7. The summed E-state index contributed by atoms with van der Waals surface area (Å²) in [5.74, 6) is -1.72. The van der Waals surface area contributed by atoms with E-state index in [9.17, 15) is 19.2 Å². The van der Waals surface area contributed by atoms with E-state index in [4.69, 9.17) is 9.47 Å². The van der Waals surface area contributed by atoms with Crippen molar-refractivity contribution in [1.82, 2.24) is 15.3 Å². The molecule has 1 aliphatic rings. The van der Waals surface area contributed by atoms with Crippen LogP contribution in [0.25, 0.3) is 0 Å². The lowest BCUT2D eigenvalue weighted by molar-refractivity contribution is -0.143. The minimum atomic E-state index is -2.20. The molecular formula is C34H37N3O7. The number of hydrogen-bond donors (Lipinski definition) is 1. The molecule has 0 radical (unpaired) electrons. The Morgan fingerprint density at radius 3 is 2.05 bits per heavy atom. The van der Waals surface area contributed by atoms with Gasteiger partial charge in [-0.25, -0.2) is 15.0 Å². The zero-order valence-electron chi connectivity index (χ0n) is 26.0. The van der Waals surface area contributed by atoms with Crippen LogP contribution in [0.4, 0.5) is 9.59 Å². The number of nitrogens with one attached hydrogen (secondary N) is 1. The number of rotatable bonds is 5. The lowest BCUT2D eigenvalue weighted by Gasteiger charge is -2.47. The topological polar surface area (TPSA) is 122 Å². The van der Waals surface area contributed by atoms with Crippen LogP contribution in [-0.4, -0.2) is 50.9 Å². The number of amides is 4. The molecule has 1 aliphatic heterocycles. The molecule has 1 N–H and O–H groups in total. The van der Waals surface area contributed by atoms with Crippen LogP contribution in [0.15, 0.2) is 78.9 Å². The largest absolute Gasteiger partial charge is 0.443 e. The van der Waals surface area contributed by atoms with Crippen molar-refractivity contribution in [3.05, 3.63) is 107 Å². The molecule has 10 heteroatoms. The van der Waals surface area contributed by atoms with Gasteiger partial charge in [0.1, 0.15) is 11.2 Å². The van der Waals surface area contributed by atoms with Crippen molar-refractivity contribution in [1.29, 1.82) is 0 Å². The van der Waals surface area contributed by atoms with E-state index in [1.165, 1.54) is 13.0 Å². The second kappa shape index (κ2) is 11.9. The smallest absolute Gasteiger partial charge is 0.431 e. The number of imide groups is 1. The fourth-order valence-electron chi connectivity index (χ4n) is 5.00. The summed E-state index contributed by atoms with van der Waals surface area (Å²) in [6, 6.07) is 21.4. The van der Waals surface area contributed by atoms with Gasteiger partial charge in [-0.05, 0) is 71.7 Å². The van der Waals surface area contributed by atoms with Crippen LogP contribution in [0.3, 0.4) is 0 Å². The van der Waals surface area contributed by atoms with Gasteiger partial charge >= 0.3 is 12.2 Å². The zero-order chi connectivity index (χ0) is 32.4. The maximum Gasteiger partial charge on any atom is 0.431 e. The van der Waals surface area contributed by atoms with E-state index in [1.54, 1.807) is 108 Å². The van der Waals surface area contributed by atoms with Crippen molar-refractivity contribution < 1.29 is 33.4 Å². The molecule has 1 heterocycles. The summed E-state index contributed by atoms with van der Waals surface area (Å²) in [4.78, 5) is 70.1. The molecule has 0 fully saturated rings. The zero-order valence-corrected chi connectivity index (χ0v) is 26.0. The molecule has 44 heavy (non-hydrogen) atoms. The first-order chi connectivity index (χ1) is 20.5. The van der Waals surface area contributed by atoms with Crippen molar-refractivity contribution in [2.75, 3.05) is 0 Å². The number of carbonyl (C=O) groups is 5. The number of hydrazine groups is 1. The van der Waals surface area contributed by atoms with Gasteiger partial charge in [-0.3, -0.25) is 19.3 Å².